The molecule has 0 bridgehead atoms. The Hall–Kier alpha value is -1.97. The summed E-state index contributed by atoms with van der Waals surface area (Å²) < 4.78 is 31.4. The molecule has 6 heteroatoms. The van der Waals surface area contributed by atoms with Crippen molar-refractivity contribution in [3.8, 4) is 12.3 Å². The molecule has 21 heavy (non-hydrogen) atoms. The Morgan fingerprint density at radius 1 is 1.52 bits per heavy atom. The third-order valence-corrected chi connectivity index (χ3v) is 2.80. The summed E-state index contributed by atoms with van der Waals surface area (Å²) in [5, 5.41) is 12.6. The molecule has 1 aromatic rings. The van der Waals surface area contributed by atoms with Crippen molar-refractivity contribution in [3.63, 3.8) is 0 Å². The van der Waals surface area contributed by atoms with Crippen molar-refractivity contribution in [2.24, 2.45) is 0 Å². The van der Waals surface area contributed by atoms with E-state index in [0.29, 0.717) is 6.07 Å². The van der Waals surface area contributed by atoms with E-state index in [1.807, 2.05) is 0 Å². The van der Waals surface area contributed by atoms with E-state index >= 15 is 0 Å². The number of nitrogens with one attached hydrogen (secondary N) is 1. The second-order valence-electron chi connectivity index (χ2n) is 4.68. The molecule has 0 fully saturated rings. The van der Waals surface area contributed by atoms with Crippen molar-refractivity contribution in [2.45, 2.75) is 18.9 Å². The zero-order valence-electron chi connectivity index (χ0n) is 11.7. The Kier molecular flexibility index (Phi) is 6.28. The van der Waals surface area contributed by atoms with Crippen LogP contribution in [0.4, 0.5) is 8.78 Å². The van der Waals surface area contributed by atoms with Crippen LogP contribution in [-0.4, -0.2) is 30.8 Å². The lowest BCUT2D eigenvalue weighted by molar-refractivity contribution is -0.123. The molecule has 0 saturated heterocycles. The second kappa shape index (κ2) is 7.72. The van der Waals surface area contributed by atoms with Gasteiger partial charge in [0.2, 0.25) is 5.91 Å². The fraction of sp³-hybridized carbons (Fsp3) is 0.400. The summed E-state index contributed by atoms with van der Waals surface area (Å²) in [6.07, 6.45) is 5.05. The Morgan fingerprint density at radius 2 is 2.24 bits per heavy atom. The molecule has 114 valence electrons. The van der Waals surface area contributed by atoms with Gasteiger partial charge in [-0.25, -0.2) is 8.78 Å². The lowest BCUT2D eigenvalue weighted by Gasteiger charge is -2.24. The van der Waals surface area contributed by atoms with Gasteiger partial charge in [0.05, 0.1) is 19.6 Å². The van der Waals surface area contributed by atoms with Gasteiger partial charge in [0, 0.05) is 11.6 Å². The molecule has 0 aliphatic heterocycles. The quantitative estimate of drug-likeness (QED) is 0.589. The van der Waals surface area contributed by atoms with Crippen LogP contribution >= 0.6 is 0 Å². The predicted molar refractivity (Wildman–Crippen MR) is 73.2 cm³/mol. The standard InChI is InChI=1S/C15H17F2NO3/c1-3-7-21-8-6-14(19)18-10-15(2,20)12-5-4-11(16)9-13(12)17/h1,4-5,9,20H,6-8,10H2,2H3,(H,18,19). The molecule has 0 aliphatic carbocycles. The number of carbonyl (C=O) groups excluding carboxylic acids is 1. The number of hydrogen-bond acceptors (Lipinski definition) is 3. The van der Waals surface area contributed by atoms with Crippen LogP contribution in [0.5, 0.6) is 0 Å². The SMILES string of the molecule is C#CCOCCC(=O)NCC(C)(O)c1ccc(F)cc1F. The number of amides is 1. The van der Waals surface area contributed by atoms with Gasteiger partial charge in [0.1, 0.15) is 23.8 Å². The maximum Gasteiger partial charge on any atom is 0.222 e. The first kappa shape index (κ1) is 17.1. The molecule has 1 rings (SSSR count). The minimum Gasteiger partial charge on any atom is -0.383 e. The number of aliphatic hydroxyl groups is 1. The molecule has 1 atom stereocenters. The van der Waals surface area contributed by atoms with Crippen molar-refractivity contribution in [3.05, 3.63) is 35.4 Å². The number of terminal acetylenes is 1. The van der Waals surface area contributed by atoms with Crippen LogP contribution in [0.2, 0.25) is 0 Å². The molecule has 0 spiro atoms. The van der Waals surface area contributed by atoms with E-state index in [0.717, 1.165) is 12.1 Å². The van der Waals surface area contributed by atoms with E-state index < -0.39 is 17.2 Å². The normalized spacial score (nSPS) is 13.3. The molecule has 0 heterocycles. The fourth-order valence-electron chi connectivity index (χ4n) is 1.68. The minimum absolute atomic E-state index is 0.0731. The molecular formula is C15H17F2NO3. The van der Waals surface area contributed by atoms with Gasteiger partial charge in [-0.05, 0) is 13.0 Å². The van der Waals surface area contributed by atoms with Crippen molar-refractivity contribution >= 4 is 5.91 Å². The van der Waals surface area contributed by atoms with Gasteiger partial charge in [-0.3, -0.25) is 4.79 Å². The molecular weight excluding hydrogens is 280 g/mol. The summed E-state index contributed by atoms with van der Waals surface area (Å²) in [6.45, 7) is 1.40. The van der Waals surface area contributed by atoms with E-state index in [2.05, 4.69) is 11.2 Å². The molecule has 2 N–H and O–H groups in total. The average Bonchev–Trinajstić information content (AvgIpc) is 2.41. The monoisotopic (exact) mass is 297 g/mol. The lowest BCUT2D eigenvalue weighted by Crippen LogP contribution is -2.39. The number of benzene rings is 1. The van der Waals surface area contributed by atoms with Gasteiger partial charge in [-0.2, -0.15) is 0 Å². The second-order valence-corrected chi connectivity index (χ2v) is 4.68. The van der Waals surface area contributed by atoms with E-state index in [-0.39, 0.29) is 37.6 Å². The van der Waals surface area contributed by atoms with E-state index in [9.17, 15) is 18.7 Å². The Labute approximate surface area is 122 Å². The summed E-state index contributed by atoms with van der Waals surface area (Å²) in [5.74, 6) is 0.294. The summed E-state index contributed by atoms with van der Waals surface area (Å²) in [5.41, 5.74) is -1.74. The molecule has 0 radical (unpaired) electrons. The largest absolute Gasteiger partial charge is 0.383 e. The molecule has 1 unspecified atom stereocenters. The Bertz CT molecular complexity index is 538. The molecule has 0 aliphatic rings. The van der Waals surface area contributed by atoms with Gasteiger partial charge in [0.15, 0.2) is 0 Å². The lowest BCUT2D eigenvalue weighted by atomic mass is 9.95. The first-order valence-electron chi connectivity index (χ1n) is 6.32. The predicted octanol–water partition coefficient (Wildman–Crippen LogP) is 1.33. The fourth-order valence-corrected chi connectivity index (χ4v) is 1.68. The van der Waals surface area contributed by atoms with Gasteiger partial charge in [-0.15, -0.1) is 6.42 Å². The highest BCUT2D eigenvalue weighted by Gasteiger charge is 2.27. The number of hydrogen-bond donors (Lipinski definition) is 2. The number of rotatable bonds is 7. The van der Waals surface area contributed by atoms with Crippen molar-refractivity contribution < 1.29 is 23.4 Å². The molecule has 1 aromatic carbocycles. The number of carbonyl (C=O) groups is 1. The third kappa shape index (κ3) is 5.50. The highest BCUT2D eigenvalue weighted by molar-refractivity contribution is 5.76. The Balaban J connectivity index is 2.53. The first-order valence-corrected chi connectivity index (χ1v) is 6.32. The van der Waals surface area contributed by atoms with Crippen LogP contribution in [0.25, 0.3) is 0 Å². The van der Waals surface area contributed by atoms with E-state index in [1.165, 1.54) is 6.92 Å². The van der Waals surface area contributed by atoms with E-state index in [4.69, 9.17) is 11.2 Å². The van der Waals surface area contributed by atoms with Crippen LogP contribution in [0.3, 0.4) is 0 Å². The third-order valence-electron chi connectivity index (χ3n) is 2.80. The van der Waals surface area contributed by atoms with Gasteiger partial charge in [0.25, 0.3) is 0 Å². The summed E-state index contributed by atoms with van der Waals surface area (Å²) in [7, 11) is 0. The zero-order valence-corrected chi connectivity index (χ0v) is 11.7. The number of halogens is 2. The van der Waals surface area contributed by atoms with Crippen LogP contribution in [0.15, 0.2) is 18.2 Å². The van der Waals surface area contributed by atoms with Gasteiger partial charge >= 0.3 is 0 Å². The van der Waals surface area contributed by atoms with Crippen molar-refractivity contribution in [2.75, 3.05) is 19.8 Å². The van der Waals surface area contributed by atoms with Crippen molar-refractivity contribution in [1.29, 1.82) is 0 Å². The van der Waals surface area contributed by atoms with Crippen LogP contribution in [-0.2, 0) is 15.1 Å². The Morgan fingerprint density at radius 3 is 2.86 bits per heavy atom. The topological polar surface area (TPSA) is 58.6 Å². The van der Waals surface area contributed by atoms with Gasteiger partial charge in [-0.1, -0.05) is 12.0 Å². The highest BCUT2D eigenvalue weighted by atomic mass is 19.1. The number of ether oxygens (including phenoxy) is 1. The summed E-state index contributed by atoms with van der Waals surface area (Å²) in [4.78, 5) is 11.5. The molecule has 0 saturated carbocycles. The minimum atomic E-state index is -1.65. The molecule has 4 nitrogen and oxygen atoms in total. The highest BCUT2D eigenvalue weighted by Crippen LogP contribution is 2.23. The maximum atomic E-state index is 13.6. The summed E-state index contributed by atoms with van der Waals surface area (Å²) >= 11 is 0. The zero-order chi connectivity index (χ0) is 15.9. The average molecular weight is 297 g/mol. The maximum absolute atomic E-state index is 13.6. The van der Waals surface area contributed by atoms with E-state index in [1.54, 1.807) is 0 Å². The molecule has 1 amide bonds. The first-order chi connectivity index (χ1) is 9.86. The van der Waals surface area contributed by atoms with Crippen molar-refractivity contribution in [1.82, 2.24) is 5.32 Å². The molecule has 0 aromatic heterocycles. The van der Waals surface area contributed by atoms with Crippen LogP contribution in [0, 0.1) is 24.0 Å². The summed E-state index contributed by atoms with van der Waals surface area (Å²) in [6, 6.07) is 2.87. The smallest absolute Gasteiger partial charge is 0.222 e. The van der Waals surface area contributed by atoms with Crippen LogP contribution < -0.4 is 5.32 Å². The van der Waals surface area contributed by atoms with Gasteiger partial charge < -0.3 is 15.2 Å². The van der Waals surface area contributed by atoms with Crippen LogP contribution in [0.1, 0.15) is 18.9 Å².